The van der Waals surface area contributed by atoms with Crippen LogP contribution in [0.4, 0.5) is 5.69 Å². The van der Waals surface area contributed by atoms with Crippen molar-refractivity contribution < 1.29 is 19.0 Å². The molecule has 1 atom stereocenters. The number of carbonyl (C=O) groups is 1. The number of rotatable bonds is 6. The van der Waals surface area contributed by atoms with Gasteiger partial charge in [0.05, 0.1) is 17.6 Å². The van der Waals surface area contributed by atoms with Gasteiger partial charge in [-0.3, -0.25) is 4.79 Å². The van der Waals surface area contributed by atoms with E-state index in [-0.39, 0.29) is 18.6 Å². The number of hydrogen-bond donors (Lipinski definition) is 0. The summed E-state index contributed by atoms with van der Waals surface area (Å²) in [5, 5.41) is 0. The third kappa shape index (κ3) is 3.87. The van der Waals surface area contributed by atoms with E-state index in [2.05, 4.69) is 30.5 Å². The molecule has 1 amide bonds. The second kappa shape index (κ2) is 8.65. The first-order chi connectivity index (χ1) is 17.1. The molecule has 178 valence electrons. The average molecular weight is 470 g/mol. The van der Waals surface area contributed by atoms with Gasteiger partial charge in [0.15, 0.2) is 11.5 Å². The number of aromatic nitrogens is 2. The van der Waals surface area contributed by atoms with Gasteiger partial charge >= 0.3 is 0 Å². The summed E-state index contributed by atoms with van der Waals surface area (Å²) in [5.41, 5.74) is 5.18. The van der Waals surface area contributed by atoms with E-state index in [0.29, 0.717) is 37.6 Å². The zero-order valence-electron chi connectivity index (χ0n) is 19.9. The summed E-state index contributed by atoms with van der Waals surface area (Å²) in [6.07, 6.45) is 0.412. The van der Waals surface area contributed by atoms with Crippen LogP contribution in [-0.2, 0) is 11.3 Å². The zero-order chi connectivity index (χ0) is 23.9. The lowest BCUT2D eigenvalue weighted by Gasteiger charge is -2.18. The second-order valence-corrected chi connectivity index (χ2v) is 9.10. The Bertz CT molecular complexity index is 1430. The summed E-state index contributed by atoms with van der Waals surface area (Å²) in [7, 11) is 0. The van der Waals surface area contributed by atoms with Gasteiger partial charge in [0.25, 0.3) is 0 Å². The molecule has 3 aromatic carbocycles. The first-order valence-electron chi connectivity index (χ1n) is 11.9. The van der Waals surface area contributed by atoms with Gasteiger partial charge in [0.2, 0.25) is 12.7 Å². The number of amides is 1. The molecule has 0 saturated carbocycles. The molecule has 4 aromatic rings. The van der Waals surface area contributed by atoms with Crippen molar-refractivity contribution in [2.24, 2.45) is 0 Å². The fourth-order valence-electron chi connectivity index (χ4n) is 4.95. The maximum Gasteiger partial charge on any atom is 0.231 e. The Morgan fingerprint density at radius 3 is 2.80 bits per heavy atom. The number of anilines is 1. The highest BCUT2D eigenvalue weighted by Crippen LogP contribution is 2.39. The fourth-order valence-corrected chi connectivity index (χ4v) is 4.95. The van der Waals surface area contributed by atoms with Crippen LogP contribution >= 0.6 is 0 Å². The van der Waals surface area contributed by atoms with Gasteiger partial charge in [-0.2, -0.15) is 0 Å². The standard InChI is InChI=1S/C28H27N3O4/c1-18-6-5-9-24(19(18)2)33-13-12-30-23-8-4-3-7-22(23)29-28(30)20-14-27(32)31(16-20)21-10-11-25-26(15-21)35-17-34-25/h3-11,15,20H,12-14,16-17H2,1-2H3. The minimum Gasteiger partial charge on any atom is -0.491 e. The van der Waals surface area contributed by atoms with Gasteiger partial charge in [-0.05, 0) is 55.3 Å². The summed E-state index contributed by atoms with van der Waals surface area (Å²) >= 11 is 0. The van der Waals surface area contributed by atoms with E-state index >= 15 is 0 Å². The van der Waals surface area contributed by atoms with Crippen LogP contribution in [0.25, 0.3) is 11.0 Å². The molecule has 0 spiro atoms. The van der Waals surface area contributed by atoms with Crippen molar-refractivity contribution in [1.82, 2.24) is 9.55 Å². The highest BCUT2D eigenvalue weighted by molar-refractivity contribution is 5.97. The minimum atomic E-state index is -0.0129. The average Bonchev–Trinajstić information content (AvgIpc) is 3.58. The molecule has 0 bridgehead atoms. The van der Waals surface area contributed by atoms with Gasteiger partial charge in [0.1, 0.15) is 18.2 Å². The molecule has 2 aliphatic heterocycles. The molecule has 6 rings (SSSR count). The zero-order valence-corrected chi connectivity index (χ0v) is 19.9. The van der Waals surface area contributed by atoms with E-state index in [1.807, 2.05) is 53.4 Å². The van der Waals surface area contributed by atoms with E-state index in [9.17, 15) is 4.79 Å². The lowest BCUT2D eigenvalue weighted by molar-refractivity contribution is -0.117. The van der Waals surface area contributed by atoms with Crippen LogP contribution in [0.2, 0.25) is 0 Å². The van der Waals surface area contributed by atoms with Crippen LogP contribution in [0.3, 0.4) is 0 Å². The van der Waals surface area contributed by atoms with Crippen LogP contribution in [-0.4, -0.2) is 35.4 Å². The van der Waals surface area contributed by atoms with Crippen LogP contribution in [0.15, 0.2) is 60.7 Å². The Kier molecular flexibility index (Phi) is 5.32. The van der Waals surface area contributed by atoms with E-state index in [1.165, 1.54) is 5.56 Å². The Balaban J connectivity index is 1.26. The molecule has 0 N–H and O–H groups in total. The van der Waals surface area contributed by atoms with E-state index in [1.54, 1.807) is 0 Å². The number of aryl methyl sites for hydroxylation is 1. The molecule has 1 fully saturated rings. The number of carbonyl (C=O) groups excluding carboxylic acids is 1. The summed E-state index contributed by atoms with van der Waals surface area (Å²) in [6, 6.07) is 19.9. The summed E-state index contributed by atoms with van der Waals surface area (Å²) in [4.78, 5) is 19.8. The van der Waals surface area contributed by atoms with Crippen molar-refractivity contribution in [3.05, 3.63) is 77.6 Å². The van der Waals surface area contributed by atoms with Crippen LogP contribution in [0.5, 0.6) is 17.2 Å². The highest BCUT2D eigenvalue weighted by Gasteiger charge is 2.35. The Morgan fingerprint density at radius 1 is 1.03 bits per heavy atom. The Labute approximate surface area is 203 Å². The van der Waals surface area contributed by atoms with Crippen molar-refractivity contribution in [3.63, 3.8) is 0 Å². The molecule has 2 aliphatic rings. The monoisotopic (exact) mass is 469 g/mol. The molecule has 1 aromatic heterocycles. The topological polar surface area (TPSA) is 65.8 Å². The summed E-state index contributed by atoms with van der Waals surface area (Å²) in [6.45, 7) is 6.12. The predicted octanol–water partition coefficient (Wildman–Crippen LogP) is 4.98. The molecule has 1 saturated heterocycles. The lowest BCUT2D eigenvalue weighted by atomic mass is 10.1. The largest absolute Gasteiger partial charge is 0.491 e. The maximum atomic E-state index is 13.0. The Hall–Kier alpha value is -4.00. The maximum absolute atomic E-state index is 13.0. The van der Waals surface area contributed by atoms with Crippen molar-refractivity contribution >= 4 is 22.6 Å². The van der Waals surface area contributed by atoms with Crippen molar-refractivity contribution in [1.29, 1.82) is 0 Å². The van der Waals surface area contributed by atoms with Crippen LogP contribution in [0.1, 0.15) is 29.3 Å². The molecule has 7 nitrogen and oxygen atoms in total. The number of fused-ring (bicyclic) bond motifs is 2. The van der Waals surface area contributed by atoms with E-state index in [4.69, 9.17) is 19.2 Å². The first kappa shape index (κ1) is 21.5. The number of imidazole rings is 1. The van der Waals surface area contributed by atoms with Crippen molar-refractivity contribution in [2.45, 2.75) is 32.7 Å². The number of hydrogen-bond acceptors (Lipinski definition) is 5. The molecular formula is C28H27N3O4. The lowest BCUT2D eigenvalue weighted by Crippen LogP contribution is -2.24. The quantitative estimate of drug-likeness (QED) is 0.398. The number of para-hydroxylation sites is 2. The number of nitrogens with zero attached hydrogens (tertiary/aromatic N) is 3. The van der Waals surface area contributed by atoms with E-state index < -0.39 is 0 Å². The van der Waals surface area contributed by atoms with Gasteiger partial charge in [0, 0.05) is 30.6 Å². The van der Waals surface area contributed by atoms with Crippen LogP contribution < -0.4 is 19.1 Å². The minimum absolute atomic E-state index is 0.0129. The van der Waals surface area contributed by atoms with Crippen molar-refractivity contribution in [2.75, 3.05) is 24.8 Å². The SMILES string of the molecule is Cc1cccc(OCCn2c(C3CC(=O)N(c4ccc5c(c4)OCO5)C3)nc3ccccc32)c1C. The molecular weight excluding hydrogens is 442 g/mol. The molecule has 0 aliphatic carbocycles. The molecule has 1 unspecified atom stereocenters. The number of ether oxygens (including phenoxy) is 3. The highest BCUT2D eigenvalue weighted by atomic mass is 16.7. The van der Waals surface area contributed by atoms with Crippen LogP contribution in [0, 0.1) is 13.8 Å². The molecule has 3 heterocycles. The predicted molar refractivity (Wildman–Crippen MR) is 133 cm³/mol. The summed E-state index contributed by atoms with van der Waals surface area (Å²) < 4.78 is 19.3. The first-order valence-corrected chi connectivity index (χ1v) is 11.9. The third-order valence-electron chi connectivity index (χ3n) is 6.97. The molecule has 0 radical (unpaired) electrons. The fraction of sp³-hybridized carbons (Fsp3) is 0.286. The van der Waals surface area contributed by atoms with Crippen molar-refractivity contribution in [3.8, 4) is 17.2 Å². The normalized spacial score (nSPS) is 16.9. The third-order valence-corrected chi connectivity index (χ3v) is 6.97. The smallest absolute Gasteiger partial charge is 0.231 e. The molecule has 7 heteroatoms. The van der Waals surface area contributed by atoms with Gasteiger partial charge in [-0.1, -0.05) is 24.3 Å². The molecule has 35 heavy (non-hydrogen) atoms. The summed E-state index contributed by atoms with van der Waals surface area (Å²) in [5.74, 6) is 3.28. The Morgan fingerprint density at radius 2 is 1.89 bits per heavy atom. The number of benzene rings is 3. The van der Waals surface area contributed by atoms with Gasteiger partial charge in [-0.15, -0.1) is 0 Å². The van der Waals surface area contributed by atoms with E-state index in [0.717, 1.165) is 33.9 Å². The van der Waals surface area contributed by atoms with Gasteiger partial charge in [-0.25, -0.2) is 4.98 Å². The second-order valence-electron chi connectivity index (χ2n) is 9.10. The van der Waals surface area contributed by atoms with Gasteiger partial charge < -0.3 is 23.7 Å².